The molecule has 0 radical (unpaired) electrons. The summed E-state index contributed by atoms with van der Waals surface area (Å²) in [6, 6.07) is 0.338. The molecule has 2 amide bonds. The van der Waals surface area contributed by atoms with Crippen LogP contribution in [-0.2, 0) is 14.3 Å². The third kappa shape index (κ3) is 3.53. The largest absolute Gasteiger partial charge is 0.378 e. The Morgan fingerprint density at radius 3 is 2.33 bits per heavy atom. The van der Waals surface area contributed by atoms with Crippen LogP contribution in [0.2, 0.25) is 0 Å². The Morgan fingerprint density at radius 1 is 1.11 bits per heavy atom. The maximum Gasteiger partial charge on any atom is 0.229 e. The zero-order chi connectivity index (χ0) is 13.0. The van der Waals surface area contributed by atoms with Crippen LogP contribution < -0.4 is 5.73 Å². The number of hydrogen-bond acceptors (Lipinski definition) is 4. The lowest BCUT2D eigenvalue weighted by molar-refractivity contribution is -0.138. The van der Waals surface area contributed by atoms with E-state index in [2.05, 4.69) is 0 Å². The molecule has 2 N–H and O–H groups in total. The second-order valence-corrected chi connectivity index (χ2v) is 5.20. The normalized spacial score (nSPS) is 29.1. The summed E-state index contributed by atoms with van der Waals surface area (Å²) in [5, 5.41) is 0. The first-order chi connectivity index (χ1) is 8.66. The fourth-order valence-corrected chi connectivity index (χ4v) is 2.60. The van der Waals surface area contributed by atoms with Crippen LogP contribution in [0, 0.1) is 0 Å². The third-order valence-electron chi connectivity index (χ3n) is 3.75. The van der Waals surface area contributed by atoms with Crippen LogP contribution in [0.15, 0.2) is 0 Å². The number of carbonyl (C=O) groups excluding carboxylic acids is 2. The van der Waals surface area contributed by atoms with Crippen LogP contribution in [0.3, 0.4) is 0 Å². The predicted octanol–water partition coefficient (Wildman–Crippen LogP) is 0.812. The molecule has 0 aromatic rings. The minimum Gasteiger partial charge on any atom is -0.378 e. The summed E-state index contributed by atoms with van der Waals surface area (Å²) in [7, 11) is 0. The molecule has 1 heterocycles. The first kappa shape index (κ1) is 13.5. The number of ether oxygens (including phenoxy) is 1. The van der Waals surface area contributed by atoms with Crippen molar-refractivity contribution in [1.29, 1.82) is 0 Å². The van der Waals surface area contributed by atoms with Crippen molar-refractivity contribution in [2.24, 2.45) is 5.73 Å². The highest BCUT2D eigenvalue weighted by molar-refractivity contribution is 6.01. The van der Waals surface area contributed by atoms with Gasteiger partial charge in [0.25, 0.3) is 0 Å². The van der Waals surface area contributed by atoms with Gasteiger partial charge in [0.15, 0.2) is 0 Å². The summed E-state index contributed by atoms with van der Waals surface area (Å²) in [5.41, 5.74) is 5.83. The molecule has 18 heavy (non-hydrogen) atoms. The van der Waals surface area contributed by atoms with E-state index in [9.17, 15) is 9.59 Å². The molecule has 102 valence electrons. The van der Waals surface area contributed by atoms with E-state index in [1.54, 1.807) is 0 Å². The number of likely N-dealkylation sites (tertiary alicyclic amines) is 1. The Bertz CT molecular complexity index is 295. The summed E-state index contributed by atoms with van der Waals surface area (Å²) in [4.78, 5) is 24.1. The van der Waals surface area contributed by atoms with Gasteiger partial charge in [-0.05, 0) is 32.1 Å². The van der Waals surface area contributed by atoms with Gasteiger partial charge in [0.1, 0.15) is 0 Å². The predicted molar refractivity (Wildman–Crippen MR) is 66.8 cm³/mol. The topological polar surface area (TPSA) is 72.6 Å². The van der Waals surface area contributed by atoms with Crippen LogP contribution in [0.5, 0.6) is 0 Å². The zero-order valence-corrected chi connectivity index (χ0v) is 10.8. The van der Waals surface area contributed by atoms with E-state index in [4.69, 9.17) is 10.5 Å². The van der Waals surface area contributed by atoms with Crippen LogP contribution in [0.25, 0.3) is 0 Å². The van der Waals surface area contributed by atoms with Crippen LogP contribution >= 0.6 is 0 Å². The van der Waals surface area contributed by atoms with Crippen molar-refractivity contribution in [3.8, 4) is 0 Å². The third-order valence-corrected chi connectivity index (χ3v) is 3.75. The monoisotopic (exact) mass is 254 g/mol. The minimum absolute atomic E-state index is 0.0383. The molecule has 1 aliphatic heterocycles. The van der Waals surface area contributed by atoms with E-state index in [1.165, 1.54) is 4.90 Å². The summed E-state index contributed by atoms with van der Waals surface area (Å²) in [6.45, 7) is 1.13. The van der Waals surface area contributed by atoms with Crippen molar-refractivity contribution in [2.45, 2.75) is 57.1 Å². The van der Waals surface area contributed by atoms with E-state index in [0.29, 0.717) is 38.1 Å². The van der Waals surface area contributed by atoms with Gasteiger partial charge in [0.2, 0.25) is 11.8 Å². The van der Waals surface area contributed by atoms with Gasteiger partial charge in [-0.2, -0.15) is 0 Å². The van der Waals surface area contributed by atoms with E-state index in [-0.39, 0.29) is 11.8 Å². The second kappa shape index (κ2) is 6.29. The van der Waals surface area contributed by atoms with Crippen molar-refractivity contribution >= 4 is 11.8 Å². The highest BCUT2D eigenvalue weighted by Gasteiger charge is 2.28. The average Bonchev–Trinajstić information content (AvgIpc) is 2.68. The lowest BCUT2D eigenvalue weighted by atomic mass is 9.94. The van der Waals surface area contributed by atoms with E-state index < -0.39 is 0 Å². The van der Waals surface area contributed by atoms with Gasteiger partial charge in [0, 0.05) is 32.0 Å². The number of carbonyl (C=O) groups is 2. The highest BCUT2D eigenvalue weighted by Crippen LogP contribution is 2.20. The van der Waals surface area contributed by atoms with Gasteiger partial charge in [-0.3, -0.25) is 14.5 Å². The zero-order valence-electron chi connectivity index (χ0n) is 10.8. The molecule has 0 aromatic carbocycles. The average molecular weight is 254 g/mol. The van der Waals surface area contributed by atoms with Gasteiger partial charge in [0.05, 0.1) is 6.10 Å². The molecule has 2 rings (SSSR count). The molecule has 5 nitrogen and oxygen atoms in total. The summed E-state index contributed by atoms with van der Waals surface area (Å²) in [6.07, 6.45) is 5.93. The lowest BCUT2D eigenvalue weighted by Crippen LogP contribution is -2.32. The number of rotatable bonds is 5. The second-order valence-electron chi connectivity index (χ2n) is 5.20. The number of amides is 2. The van der Waals surface area contributed by atoms with E-state index >= 15 is 0 Å². The molecular formula is C13H22N2O3. The molecular weight excluding hydrogens is 232 g/mol. The number of hydrogen-bond donors (Lipinski definition) is 1. The standard InChI is InChI=1S/C13H22N2O3/c14-10-2-4-11(5-3-10)18-9-1-8-15-12(16)6-7-13(15)17/h10-11H,1-9,14H2. The molecule has 0 aromatic heterocycles. The summed E-state index contributed by atoms with van der Waals surface area (Å²) < 4.78 is 5.76. The molecule has 2 fully saturated rings. The van der Waals surface area contributed by atoms with E-state index in [0.717, 1.165) is 32.1 Å². The van der Waals surface area contributed by atoms with Gasteiger partial charge < -0.3 is 10.5 Å². The molecule has 2 aliphatic rings. The van der Waals surface area contributed by atoms with Crippen molar-refractivity contribution in [1.82, 2.24) is 4.90 Å². The molecule has 0 atom stereocenters. The summed E-state index contributed by atoms with van der Waals surface area (Å²) >= 11 is 0. The molecule has 1 saturated carbocycles. The number of imide groups is 1. The van der Waals surface area contributed by atoms with Gasteiger partial charge >= 0.3 is 0 Å². The summed E-state index contributed by atoms with van der Waals surface area (Å²) in [5.74, 6) is -0.0766. The minimum atomic E-state index is -0.0383. The maximum absolute atomic E-state index is 11.4. The molecule has 0 spiro atoms. The number of nitrogens with zero attached hydrogens (tertiary/aromatic N) is 1. The quantitative estimate of drug-likeness (QED) is 0.582. The Hall–Kier alpha value is -0.940. The fraction of sp³-hybridized carbons (Fsp3) is 0.846. The van der Waals surface area contributed by atoms with Gasteiger partial charge in [-0.15, -0.1) is 0 Å². The molecule has 0 bridgehead atoms. The van der Waals surface area contributed by atoms with Gasteiger partial charge in [-0.1, -0.05) is 0 Å². The van der Waals surface area contributed by atoms with E-state index in [1.807, 2.05) is 0 Å². The fourth-order valence-electron chi connectivity index (χ4n) is 2.60. The van der Waals surface area contributed by atoms with Crippen LogP contribution in [0.4, 0.5) is 0 Å². The smallest absolute Gasteiger partial charge is 0.229 e. The molecule has 1 aliphatic carbocycles. The number of nitrogens with two attached hydrogens (primary N) is 1. The lowest BCUT2D eigenvalue weighted by Gasteiger charge is -2.26. The Kier molecular flexibility index (Phi) is 4.72. The molecule has 1 saturated heterocycles. The first-order valence-electron chi connectivity index (χ1n) is 6.87. The van der Waals surface area contributed by atoms with Crippen LogP contribution in [-0.4, -0.2) is 42.0 Å². The van der Waals surface area contributed by atoms with Crippen molar-refractivity contribution in [3.05, 3.63) is 0 Å². The SMILES string of the molecule is NC1CCC(OCCCN2C(=O)CCC2=O)CC1. The first-order valence-corrected chi connectivity index (χ1v) is 6.87. The maximum atomic E-state index is 11.4. The Labute approximate surface area is 108 Å². The highest BCUT2D eigenvalue weighted by atomic mass is 16.5. The Balaban J connectivity index is 1.58. The molecule has 5 heteroatoms. The van der Waals surface area contributed by atoms with Gasteiger partial charge in [-0.25, -0.2) is 0 Å². The van der Waals surface area contributed by atoms with Crippen molar-refractivity contribution in [2.75, 3.05) is 13.2 Å². The Morgan fingerprint density at radius 2 is 1.72 bits per heavy atom. The van der Waals surface area contributed by atoms with Crippen molar-refractivity contribution in [3.63, 3.8) is 0 Å². The molecule has 0 unspecified atom stereocenters. The van der Waals surface area contributed by atoms with Crippen LogP contribution in [0.1, 0.15) is 44.9 Å². The van der Waals surface area contributed by atoms with Crippen molar-refractivity contribution < 1.29 is 14.3 Å².